The van der Waals surface area contributed by atoms with Gasteiger partial charge in [-0.1, -0.05) is 0 Å². The summed E-state index contributed by atoms with van der Waals surface area (Å²) in [5.41, 5.74) is 0.771. The van der Waals surface area contributed by atoms with Crippen LogP contribution in [-0.2, 0) is 14.9 Å². The maximum atomic E-state index is 14.5. The van der Waals surface area contributed by atoms with Crippen LogP contribution < -0.4 is 20.3 Å². The molecule has 2 rings (SSSR count). The van der Waals surface area contributed by atoms with Crippen molar-refractivity contribution in [3.63, 3.8) is 0 Å². The van der Waals surface area contributed by atoms with Gasteiger partial charge in [-0.25, -0.2) is 13.9 Å². The third kappa shape index (κ3) is 6.30. The molecule has 1 fully saturated rings. The number of anilines is 2. The monoisotopic (exact) mass is 417 g/mol. The summed E-state index contributed by atoms with van der Waals surface area (Å²) >= 11 is 0. The Morgan fingerprint density at radius 1 is 1.25 bits per heavy atom. The zero-order valence-corrected chi connectivity index (χ0v) is 17.3. The molecule has 0 unspecified atom stereocenters. The van der Waals surface area contributed by atoms with Gasteiger partial charge in [-0.2, -0.15) is 12.7 Å². The van der Waals surface area contributed by atoms with Crippen LogP contribution in [0, 0.1) is 5.82 Å². The number of urea groups is 1. The molecule has 1 aromatic carbocycles. The van der Waals surface area contributed by atoms with Crippen molar-refractivity contribution in [2.45, 2.75) is 26.1 Å². The molecule has 0 aromatic heterocycles. The minimum atomic E-state index is -3.54. The summed E-state index contributed by atoms with van der Waals surface area (Å²) in [5.74, 6) is -0.433. The normalized spacial score (nSPS) is 20.3. The van der Waals surface area contributed by atoms with Crippen LogP contribution in [0.2, 0.25) is 0 Å². The van der Waals surface area contributed by atoms with Crippen LogP contribution in [0.15, 0.2) is 18.2 Å². The van der Waals surface area contributed by atoms with Crippen LogP contribution in [0.5, 0.6) is 0 Å². The van der Waals surface area contributed by atoms with Crippen molar-refractivity contribution in [1.29, 1.82) is 0 Å². The van der Waals surface area contributed by atoms with E-state index < -0.39 is 22.1 Å². The van der Waals surface area contributed by atoms with Gasteiger partial charge in [0.1, 0.15) is 5.82 Å². The van der Waals surface area contributed by atoms with E-state index in [0.717, 1.165) is 4.31 Å². The maximum absolute atomic E-state index is 14.5. The Kier molecular flexibility index (Phi) is 7.58. The number of hydrogen-bond acceptors (Lipinski definition) is 5. The third-order valence-electron chi connectivity index (χ3n) is 4.14. The van der Waals surface area contributed by atoms with E-state index in [4.69, 9.17) is 4.74 Å². The number of morpholine rings is 1. The van der Waals surface area contributed by atoms with Gasteiger partial charge < -0.3 is 20.3 Å². The fraction of sp³-hybridized carbons (Fsp3) is 0.588. The van der Waals surface area contributed by atoms with Gasteiger partial charge in [0.2, 0.25) is 0 Å². The van der Waals surface area contributed by atoms with E-state index in [2.05, 4.69) is 15.4 Å². The number of carbonyl (C=O) groups is 1. The van der Waals surface area contributed by atoms with E-state index in [1.54, 1.807) is 12.1 Å². The van der Waals surface area contributed by atoms with E-state index >= 15 is 0 Å². The van der Waals surface area contributed by atoms with E-state index in [1.165, 1.54) is 20.2 Å². The first-order valence-corrected chi connectivity index (χ1v) is 10.4. The molecule has 2 amide bonds. The Morgan fingerprint density at radius 2 is 1.89 bits per heavy atom. The van der Waals surface area contributed by atoms with Gasteiger partial charge in [-0.3, -0.25) is 0 Å². The van der Waals surface area contributed by atoms with Gasteiger partial charge in [-0.05, 0) is 32.0 Å². The number of halogens is 1. The molecule has 1 aliphatic rings. The molecule has 0 saturated carbocycles. The lowest BCUT2D eigenvalue weighted by atomic mass is 10.2. The van der Waals surface area contributed by atoms with E-state index in [0.29, 0.717) is 24.5 Å². The number of carbonyl (C=O) groups excluding carboxylic acids is 1. The van der Waals surface area contributed by atoms with Crippen LogP contribution in [0.3, 0.4) is 0 Å². The molecule has 2 atom stereocenters. The van der Waals surface area contributed by atoms with Gasteiger partial charge >= 0.3 is 6.03 Å². The maximum Gasteiger partial charge on any atom is 0.319 e. The van der Waals surface area contributed by atoms with Crippen molar-refractivity contribution in [2.24, 2.45) is 0 Å². The highest BCUT2D eigenvalue weighted by molar-refractivity contribution is 7.87. The molecule has 9 nitrogen and oxygen atoms in total. The summed E-state index contributed by atoms with van der Waals surface area (Å²) < 4.78 is 46.6. The summed E-state index contributed by atoms with van der Waals surface area (Å²) in [7, 11) is -0.732. The molecule has 11 heteroatoms. The summed E-state index contributed by atoms with van der Waals surface area (Å²) in [6.07, 6.45) is 0.0216. The molecule has 1 heterocycles. The lowest BCUT2D eigenvalue weighted by molar-refractivity contribution is -0.00539. The quantitative estimate of drug-likeness (QED) is 0.574. The second kappa shape index (κ2) is 9.50. The molecule has 0 bridgehead atoms. The van der Waals surface area contributed by atoms with E-state index in [9.17, 15) is 17.6 Å². The van der Waals surface area contributed by atoms with Crippen molar-refractivity contribution in [2.75, 3.05) is 50.5 Å². The number of nitrogens with one attached hydrogen (secondary N) is 3. The molecule has 158 valence electrons. The Balaban J connectivity index is 1.86. The molecular formula is C17H28FN5O4S. The highest BCUT2D eigenvalue weighted by Crippen LogP contribution is 2.26. The van der Waals surface area contributed by atoms with Crippen molar-refractivity contribution < 1.29 is 22.3 Å². The lowest BCUT2D eigenvalue weighted by Gasteiger charge is -2.37. The fourth-order valence-electron chi connectivity index (χ4n) is 2.88. The molecule has 0 radical (unpaired) electrons. The Hall–Kier alpha value is -1.95. The van der Waals surface area contributed by atoms with Gasteiger partial charge in [0.15, 0.2) is 0 Å². The van der Waals surface area contributed by atoms with Crippen molar-refractivity contribution in [3.8, 4) is 0 Å². The van der Waals surface area contributed by atoms with Crippen LogP contribution in [0.1, 0.15) is 13.8 Å². The molecule has 1 aliphatic heterocycles. The number of hydrogen-bond donors (Lipinski definition) is 3. The molecule has 0 aliphatic carbocycles. The minimum absolute atomic E-state index is 0.0108. The number of nitrogens with zero attached hydrogens (tertiary/aromatic N) is 2. The average Bonchev–Trinajstić information content (AvgIpc) is 2.58. The van der Waals surface area contributed by atoms with Gasteiger partial charge in [0.05, 0.1) is 17.9 Å². The number of benzene rings is 1. The predicted molar refractivity (Wildman–Crippen MR) is 106 cm³/mol. The first-order valence-electron chi connectivity index (χ1n) is 9.00. The number of ether oxygens (including phenoxy) is 1. The van der Waals surface area contributed by atoms with Crippen LogP contribution in [0.4, 0.5) is 20.6 Å². The molecular weight excluding hydrogens is 389 g/mol. The van der Waals surface area contributed by atoms with E-state index in [-0.39, 0.29) is 25.3 Å². The van der Waals surface area contributed by atoms with Gasteiger partial charge in [-0.15, -0.1) is 0 Å². The second-order valence-corrected chi connectivity index (χ2v) is 8.86. The summed E-state index contributed by atoms with van der Waals surface area (Å²) in [6, 6.07) is 3.96. The Morgan fingerprint density at radius 3 is 2.46 bits per heavy atom. The van der Waals surface area contributed by atoms with Crippen molar-refractivity contribution in [1.82, 2.24) is 14.3 Å². The third-order valence-corrected chi connectivity index (χ3v) is 5.67. The topological polar surface area (TPSA) is 103 Å². The predicted octanol–water partition coefficient (Wildman–Crippen LogP) is 0.957. The zero-order valence-electron chi connectivity index (χ0n) is 16.5. The molecule has 28 heavy (non-hydrogen) atoms. The first-order chi connectivity index (χ1) is 13.1. The summed E-state index contributed by atoms with van der Waals surface area (Å²) in [4.78, 5) is 13.8. The second-order valence-electron chi connectivity index (χ2n) is 6.89. The smallest absolute Gasteiger partial charge is 0.319 e. The lowest BCUT2D eigenvalue weighted by Crippen LogP contribution is -2.45. The standard InChI is InChI=1S/C17H28FN5O4S/c1-12-10-23(11-13(2)27-12)16-6-5-14(9-15(16)18)21-17(24)19-7-8-20-28(25,26)22(3)4/h5-6,9,12-13,20H,7-8,10-11H2,1-4H3,(H2,19,21,24)/t12-,13+. The Bertz CT molecular complexity index is 780. The molecule has 3 N–H and O–H groups in total. The van der Waals surface area contributed by atoms with E-state index in [1.807, 2.05) is 18.7 Å². The zero-order chi connectivity index (χ0) is 20.9. The highest BCUT2D eigenvalue weighted by Gasteiger charge is 2.24. The van der Waals surface area contributed by atoms with Gasteiger partial charge in [0.25, 0.3) is 10.2 Å². The van der Waals surface area contributed by atoms with Crippen LogP contribution >= 0.6 is 0 Å². The highest BCUT2D eigenvalue weighted by atomic mass is 32.2. The van der Waals surface area contributed by atoms with Crippen LogP contribution in [-0.4, -0.2) is 71.2 Å². The number of rotatable bonds is 7. The fourth-order valence-corrected chi connectivity index (χ4v) is 3.49. The van der Waals surface area contributed by atoms with Crippen molar-refractivity contribution in [3.05, 3.63) is 24.0 Å². The average molecular weight is 418 g/mol. The Labute approximate surface area is 165 Å². The van der Waals surface area contributed by atoms with Crippen molar-refractivity contribution >= 4 is 27.6 Å². The largest absolute Gasteiger partial charge is 0.372 e. The number of amides is 2. The van der Waals surface area contributed by atoms with Crippen LogP contribution in [0.25, 0.3) is 0 Å². The first kappa shape index (κ1) is 22.3. The minimum Gasteiger partial charge on any atom is -0.372 e. The molecule has 0 spiro atoms. The molecule has 1 saturated heterocycles. The summed E-state index contributed by atoms with van der Waals surface area (Å²) in [5, 5.41) is 5.04. The summed E-state index contributed by atoms with van der Waals surface area (Å²) in [6.45, 7) is 5.20. The SMILES string of the molecule is C[C@@H]1CN(c2ccc(NC(=O)NCCNS(=O)(=O)N(C)C)cc2F)C[C@H](C)O1. The van der Waals surface area contributed by atoms with Gasteiger partial charge in [0, 0.05) is 46.0 Å². The molecule has 1 aromatic rings.